The van der Waals surface area contributed by atoms with Crippen molar-refractivity contribution in [2.24, 2.45) is 5.41 Å². The largest absolute Gasteiger partial charge is 0.357 e. The number of carbonyl (C=O) groups is 2. The van der Waals surface area contributed by atoms with E-state index in [2.05, 4.69) is 19.2 Å². The van der Waals surface area contributed by atoms with Gasteiger partial charge in [0.25, 0.3) is 0 Å². The van der Waals surface area contributed by atoms with Gasteiger partial charge in [-0.1, -0.05) is 32.9 Å². The van der Waals surface area contributed by atoms with Gasteiger partial charge >= 0.3 is 0 Å². The highest BCUT2D eigenvalue weighted by atomic mass is 35.5. The van der Waals surface area contributed by atoms with Crippen LogP contribution in [0.1, 0.15) is 40.0 Å². The lowest BCUT2D eigenvalue weighted by atomic mass is 9.74. The second kappa shape index (κ2) is 6.25. The molecule has 1 aliphatic heterocycles. The van der Waals surface area contributed by atoms with Gasteiger partial charge in [0.05, 0.1) is 17.4 Å². The van der Waals surface area contributed by atoms with Crippen LogP contribution < -0.4 is 10.2 Å². The van der Waals surface area contributed by atoms with Gasteiger partial charge < -0.3 is 10.2 Å². The molecule has 5 heteroatoms. The molecule has 1 aromatic carbocycles. The number of ketones is 1. The standard InChI is InChI=1S/C19H23ClN2O2/c1-4-14-18-13(9-19(2,3)10-16(18)23)21-12-7-5-6-8-15(12)22(14)17(24)11-20/h5-8,14,21H,4,9-11H2,1-3H3. The monoisotopic (exact) mass is 346 g/mol. The molecule has 0 spiro atoms. The maximum atomic E-state index is 12.9. The summed E-state index contributed by atoms with van der Waals surface area (Å²) in [7, 11) is 0. The number of nitrogens with one attached hydrogen (secondary N) is 1. The number of halogens is 1. The summed E-state index contributed by atoms with van der Waals surface area (Å²) in [6.45, 7) is 6.22. The van der Waals surface area contributed by atoms with Gasteiger partial charge in [0.15, 0.2) is 5.78 Å². The number of rotatable bonds is 2. The van der Waals surface area contributed by atoms with Crippen molar-refractivity contribution in [3.8, 4) is 0 Å². The number of anilines is 2. The van der Waals surface area contributed by atoms with E-state index in [9.17, 15) is 9.59 Å². The first-order valence-corrected chi connectivity index (χ1v) is 8.91. The number of nitrogens with zero attached hydrogens (tertiary/aromatic N) is 1. The molecule has 0 bridgehead atoms. The van der Waals surface area contributed by atoms with E-state index in [4.69, 9.17) is 11.6 Å². The fraction of sp³-hybridized carbons (Fsp3) is 0.474. The maximum Gasteiger partial charge on any atom is 0.242 e. The zero-order valence-electron chi connectivity index (χ0n) is 14.4. The number of para-hydroxylation sites is 2. The number of hydrogen-bond acceptors (Lipinski definition) is 3. The van der Waals surface area contributed by atoms with Crippen LogP contribution in [0.4, 0.5) is 11.4 Å². The van der Waals surface area contributed by atoms with Crippen molar-refractivity contribution in [2.75, 3.05) is 16.1 Å². The quantitative estimate of drug-likeness (QED) is 0.820. The molecule has 1 amide bonds. The molecule has 0 aromatic heterocycles. The second-order valence-corrected chi connectivity index (χ2v) is 7.56. The van der Waals surface area contributed by atoms with Gasteiger partial charge in [-0.15, -0.1) is 11.6 Å². The molecule has 0 fully saturated rings. The first kappa shape index (κ1) is 17.0. The van der Waals surface area contributed by atoms with Gasteiger partial charge in [-0.3, -0.25) is 9.59 Å². The van der Waals surface area contributed by atoms with Gasteiger partial charge in [0.2, 0.25) is 5.91 Å². The SMILES string of the molecule is CCC1C2=C(CC(C)(C)CC2=O)Nc2ccccc2N1C(=O)CCl. The molecule has 2 aliphatic rings. The number of benzene rings is 1. The van der Waals surface area contributed by atoms with E-state index in [1.54, 1.807) is 4.90 Å². The van der Waals surface area contributed by atoms with Crippen molar-refractivity contribution in [1.29, 1.82) is 0 Å². The van der Waals surface area contributed by atoms with Crippen molar-refractivity contribution in [3.05, 3.63) is 35.5 Å². The van der Waals surface area contributed by atoms with Crippen molar-refractivity contribution < 1.29 is 9.59 Å². The van der Waals surface area contributed by atoms with Crippen molar-refractivity contribution in [2.45, 2.75) is 46.1 Å². The molecule has 1 unspecified atom stereocenters. The lowest BCUT2D eigenvalue weighted by molar-refractivity contribution is -0.118. The van der Waals surface area contributed by atoms with Crippen LogP contribution in [0.2, 0.25) is 0 Å². The molecule has 128 valence electrons. The van der Waals surface area contributed by atoms with E-state index in [-0.39, 0.29) is 29.0 Å². The second-order valence-electron chi connectivity index (χ2n) is 7.30. The van der Waals surface area contributed by atoms with Crippen LogP contribution in [0, 0.1) is 5.41 Å². The summed E-state index contributed by atoms with van der Waals surface area (Å²) in [6, 6.07) is 7.41. The minimum absolute atomic E-state index is 0.0815. The zero-order valence-corrected chi connectivity index (χ0v) is 15.1. The van der Waals surface area contributed by atoms with E-state index >= 15 is 0 Å². The molecule has 1 atom stereocenters. The number of Topliss-reactive ketones (excluding diaryl/α,β-unsaturated/α-hetero) is 1. The van der Waals surface area contributed by atoms with Gasteiger partial charge in [-0.25, -0.2) is 0 Å². The number of carbonyl (C=O) groups excluding carboxylic acids is 2. The minimum Gasteiger partial charge on any atom is -0.357 e. The molecule has 0 saturated carbocycles. The predicted octanol–water partition coefficient (Wildman–Crippen LogP) is 4.11. The third-order valence-corrected chi connectivity index (χ3v) is 5.01. The zero-order chi connectivity index (χ0) is 17.5. The smallest absolute Gasteiger partial charge is 0.242 e. The van der Waals surface area contributed by atoms with Crippen LogP contribution in [0.5, 0.6) is 0 Å². The number of amides is 1. The third kappa shape index (κ3) is 2.84. The summed E-state index contributed by atoms with van der Waals surface area (Å²) in [6.07, 6.45) is 1.97. The van der Waals surface area contributed by atoms with E-state index in [0.717, 1.165) is 29.1 Å². The predicted molar refractivity (Wildman–Crippen MR) is 97.4 cm³/mol. The molecule has 0 saturated heterocycles. The highest BCUT2D eigenvalue weighted by Gasteiger charge is 2.41. The summed E-state index contributed by atoms with van der Waals surface area (Å²) >= 11 is 5.87. The highest BCUT2D eigenvalue weighted by Crippen LogP contribution is 2.44. The summed E-state index contributed by atoms with van der Waals surface area (Å²) in [5, 5.41) is 3.44. The fourth-order valence-corrected chi connectivity index (χ4v) is 3.97. The molecule has 0 radical (unpaired) electrons. The Bertz CT molecular complexity index is 724. The highest BCUT2D eigenvalue weighted by molar-refractivity contribution is 6.30. The molecule has 1 aromatic rings. The Balaban J connectivity index is 2.21. The summed E-state index contributed by atoms with van der Waals surface area (Å²) in [5.74, 6) is -0.155. The minimum atomic E-state index is -0.272. The Morgan fingerprint density at radius 1 is 1.33 bits per heavy atom. The van der Waals surface area contributed by atoms with E-state index < -0.39 is 0 Å². The molecule has 3 rings (SSSR count). The average molecular weight is 347 g/mol. The van der Waals surface area contributed by atoms with Crippen LogP contribution in [0.25, 0.3) is 0 Å². The molecular formula is C19H23ClN2O2. The van der Waals surface area contributed by atoms with Gasteiger partial charge in [0.1, 0.15) is 5.88 Å². The third-order valence-electron chi connectivity index (χ3n) is 4.78. The number of hydrogen-bond donors (Lipinski definition) is 1. The summed E-state index contributed by atoms with van der Waals surface area (Å²) < 4.78 is 0. The first-order valence-electron chi connectivity index (χ1n) is 8.38. The Morgan fingerprint density at radius 3 is 2.71 bits per heavy atom. The lowest BCUT2D eigenvalue weighted by Crippen LogP contribution is -2.45. The van der Waals surface area contributed by atoms with Crippen molar-refractivity contribution >= 4 is 34.7 Å². The average Bonchev–Trinajstić information content (AvgIpc) is 2.66. The molecule has 1 aliphatic carbocycles. The number of alkyl halides is 1. The van der Waals surface area contributed by atoms with Crippen LogP contribution in [0.15, 0.2) is 35.5 Å². The van der Waals surface area contributed by atoms with Gasteiger partial charge in [0, 0.05) is 17.7 Å². The summed E-state index contributed by atoms with van der Waals surface area (Å²) in [4.78, 5) is 27.2. The Labute approximate surface area is 147 Å². The van der Waals surface area contributed by atoms with E-state index in [1.165, 1.54) is 0 Å². The normalized spacial score (nSPS) is 22.4. The van der Waals surface area contributed by atoms with Crippen LogP contribution in [0.3, 0.4) is 0 Å². The van der Waals surface area contributed by atoms with Crippen molar-refractivity contribution in [3.63, 3.8) is 0 Å². The molecule has 4 nitrogen and oxygen atoms in total. The topological polar surface area (TPSA) is 49.4 Å². The Hall–Kier alpha value is -1.81. The number of fused-ring (bicyclic) bond motifs is 1. The summed E-state index contributed by atoms with van der Waals surface area (Å²) in [5.41, 5.74) is 3.24. The van der Waals surface area contributed by atoms with Crippen molar-refractivity contribution in [1.82, 2.24) is 0 Å². The van der Waals surface area contributed by atoms with Crippen LogP contribution in [-0.2, 0) is 9.59 Å². The Kier molecular flexibility index (Phi) is 4.43. The fourth-order valence-electron chi connectivity index (χ4n) is 3.84. The van der Waals surface area contributed by atoms with E-state index in [1.807, 2.05) is 31.2 Å². The molecule has 24 heavy (non-hydrogen) atoms. The van der Waals surface area contributed by atoms with Gasteiger partial charge in [-0.2, -0.15) is 0 Å². The molecule has 1 N–H and O–H groups in total. The lowest BCUT2D eigenvalue weighted by Gasteiger charge is -2.36. The van der Waals surface area contributed by atoms with E-state index in [0.29, 0.717) is 12.8 Å². The Morgan fingerprint density at radius 2 is 2.04 bits per heavy atom. The van der Waals surface area contributed by atoms with Crippen LogP contribution in [-0.4, -0.2) is 23.6 Å². The first-order chi connectivity index (χ1) is 11.4. The molecular weight excluding hydrogens is 324 g/mol. The number of allylic oxidation sites excluding steroid dienone is 1. The molecule has 1 heterocycles. The van der Waals surface area contributed by atoms with Crippen LogP contribution >= 0.6 is 11.6 Å². The maximum absolute atomic E-state index is 12.9. The van der Waals surface area contributed by atoms with Gasteiger partial charge in [-0.05, 0) is 30.4 Å².